The molecule has 2 heteroatoms. The molecule has 16 heavy (non-hydrogen) atoms. The topological polar surface area (TPSA) is 3.24 Å². The van der Waals surface area contributed by atoms with Gasteiger partial charge in [-0.3, -0.25) is 0 Å². The molecule has 0 N–H and O–H groups in total. The molecule has 0 aliphatic heterocycles. The van der Waals surface area contributed by atoms with E-state index in [0.717, 1.165) is 12.2 Å². The average Bonchev–Trinajstić information content (AvgIpc) is 2.34. The van der Waals surface area contributed by atoms with Gasteiger partial charge in [0.2, 0.25) is 0 Å². The number of nitrogens with zero attached hydrogens (tertiary/aromatic N) is 1. The number of thioether (sulfide) groups is 1. The average molecular weight is 235 g/mol. The van der Waals surface area contributed by atoms with Crippen molar-refractivity contribution in [2.45, 2.75) is 24.7 Å². The molecule has 0 saturated carbocycles. The van der Waals surface area contributed by atoms with E-state index in [1.807, 2.05) is 0 Å². The molecular weight excluding hydrogens is 214 g/mol. The summed E-state index contributed by atoms with van der Waals surface area (Å²) in [5.41, 5.74) is 2.38. The first-order chi connectivity index (χ1) is 7.70. The van der Waals surface area contributed by atoms with E-state index in [-0.39, 0.29) is 0 Å². The van der Waals surface area contributed by atoms with Crippen molar-refractivity contribution in [3.05, 3.63) is 36.4 Å². The van der Waals surface area contributed by atoms with Crippen molar-refractivity contribution >= 4 is 17.5 Å². The standard InChI is InChI=1S/C14H21NS/c1-5-6-11-15(3)12(2)13-9-7-8-10-14(13)16-4/h7-10H,2,5-6,11H2,1,3-4H3. The summed E-state index contributed by atoms with van der Waals surface area (Å²) >= 11 is 1.78. The molecule has 0 spiro atoms. The molecule has 0 aromatic heterocycles. The zero-order valence-electron chi connectivity index (χ0n) is 10.5. The van der Waals surface area contributed by atoms with E-state index in [9.17, 15) is 0 Å². The molecule has 0 amide bonds. The van der Waals surface area contributed by atoms with E-state index in [1.54, 1.807) is 11.8 Å². The van der Waals surface area contributed by atoms with E-state index in [1.165, 1.54) is 23.3 Å². The quantitative estimate of drug-likeness (QED) is 0.683. The summed E-state index contributed by atoms with van der Waals surface area (Å²) in [6.07, 6.45) is 4.55. The van der Waals surface area contributed by atoms with Crippen LogP contribution >= 0.6 is 11.8 Å². The molecular formula is C14H21NS. The van der Waals surface area contributed by atoms with Crippen LogP contribution in [0.1, 0.15) is 25.3 Å². The second kappa shape index (κ2) is 6.64. The van der Waals surface area contributed by atoms with Gasteiger partial charge in [-0.1, -0.05) is 38.1 Å². The molecule has 1 aromatic carbocycles. The van der Waals surface area contributed by atoms with Crippen LogP contribution in [0.3, 0.4) is 0 Å². The summed E-state index contributed by atoms with van der Waals surface area (Å²) in [5.74, 6) is 0. The van der Waals surface area contributed by atoms with Crippen molar-refractivity contribution < 1.29 is 0 Å². The summed E-state index contributed by atoms with van der Waals surface area (Å²) in [5, 5.41) is 0. The van der Waals surface area contributed by atoms with Crippen molar-refractivity contribution in [3.63, 3.8) is 0 Å². The molecule has 0 bridgehead atoms. The minimum atomic E-state index is 1.08. The molecule has 0 aliphatic carbocycles. The van der Waals surface area contributed by atoms with Crippen LogP contribution < -0.4 is 0 Å². The van der Waals surface area contributed by atoms with Crippen molar-refractivity contribution in [3.8, 4) is 0 Å². The van der Waals surface area contributed by atoms with Crippen LogP contribution in [-0.2, 0) is 0 Å². The molecule has 1 aromatic rings. The fourth-order valence-corrected chi connectivity index (χ4v) is 2.24. The van der Waals surface area contributed by atoms with Gasteiger partial charge >= 0.3 is 0 Å². The predicted molar refractivity (Wildman–Crippen MR) is 74.8 cm³/mol. The Morgan fingerprint density at radius 3 is 2.69 bits per heavy atom. The van der Waals surface area contributed by atoms with Gasteiger partial charge in [0, 0.05) is 29.7 Å². The van der Waals surface area contributed by atoms with Gasteiger partial charge in [0.05, 0.1) is 0 Å². The fourth-order valence-electron chi connectivity index (χ4n) is 1.62. The largest absolute Gasteiger partial charge is 0.375 e. The molecule has 1 rings (SSSR count). The van der Waals surface area contributed by atoms with Crippen molar-refractivity contribution in [2.24, 2.45) is 0 Å². The van der Waals surface area contributed by atoms with Crippen LogP contribution in [-0.4, -0.2) is 24.7 Å². The minimum Gasteiger partial charge on any atom is -0.375 e. The molecule has 0 saturated heterocycles. The lowest BCUT2D eigenvalue weighted by Crippen LogP contribution is -2.17. The Morgan fingerprint density at radius 1 is 1.38 bits per heavy atom. The monoisotopic (exact) mass is 235 g/mol. The molecule has 0 radical (unpaired) electrons. The van der Waals surface area contributed by atoms with Gasteiger partial charge in [-0.25, -0.2) is 0 Å². The molecule has 0 unspecified atom stereocenters. The SMILES string of the molecule is C=C(c1ccccc1SC)N(C)CCCC. The smallest absolute Gasteiger partial charge is 0.0375 e. The highest BCUT2D eigenvalue weighted by molar-refractivity contribution is 7.98. The third-order valence-electron chi connectivity index (χ3n) is 2.73. The Hall–Kier alpha value is -0.890. The summed E-state index contributed by atoms with van der Waals surface area (Å²) in [7, 11) is 2.12. The molecule has 0 fully saturated rings. The molecule has 0 heterocycles. The predicted octanol–water partition coefficient (Wildman–Crippen LogP) is 4.11. The van der Waals surface area contributed by atoms with Crippen LogP contribution in [0.4, 0.5) is 0 Å². The number of hydrogen-bond acceptors (Lipinski definition) is 2. The molecule has 0 aliphatic rings. The van der Waals surface area contributed by atoms with Gasteiger partial charge in [0.25, 0.3) is 0 Å². The van der Waals surface area contributed by atoms with Crippen LogP contribution in [0.25, 0.3) is 5.70 Å². The van der Waals surface area contributed by atoms with E-state index in [4.69, 9.17) is 0 Å². The van der Waals surface area contributed by atoms with Gasteiger partial charge in [-0.05, 0) is 18.7 Å². The highest BCUT2D eigenvalue weighted by Crippen LogP contribution is 2.27. The Kier molecular flexibility index (Phi) is 5.47. The van der Waals surface area contributed by atoms with Gasteiger partial charge in [-0.15, -0.1) is 11.8 Å². The zero-order chi connectivity index (χ0) is 12.0. The van der Waals surface area contributed by atoms with Crippen LogP contribution in [0.2, 0.25) is 0 Å². The maximum atomic E-state index is 4.20. The van der Waals surface area contributed by atoms with E-state index < -0.39 is 0 Å². The van der Waals surface area contributed by atoms with Crippen LogP contribution in [0.15, 0.2) is 35.7 Å². The fraction of sp³-hybridized carbons (Fsp3) is 0.429. The van der Waals surface area contributed by atoms with Crippen LogP contribution in [0, 0.1) is 0 Å². The lowest BCUT2D eigenvalue weighted by molar-refractivity contribution is 0.463. The second-order valence-corrected chi connectivity index (χ2v) is 4.77. The van der Waals surface area contributed by atoms with Gasteiger partial charge in [0.15, 0.2) is 0 Å². The molecule has 0 atom stereocenters. The first-order valence-corrected chi connectivity index (χ1v) is 6.96. The Balaban J connectivity index is 2.79. The zero-order valence-corrected chi connectivity index (χ0v) is 11.3. The van der Waals surface area contributed by atoms with E-state index in [0.29, 0.717) is 0 Å². The molecule has 88 valence electrons. The summed E-state index contributed by atoms with van der Waals surface area (Å²) < 4.78 is 0. The first-order valence-electron chi connectivity index (χ1n) is 5.74. The first kappa shape index (κ1) is 13.2. The maximum absolute atomic E-state index is 4.20. The lowest BCUT2D eigenvalue weighted by atomic mass is 10.1. The number of benzene rings is 1. The summed E-state index contributed by atoms with van der Waals surface area (Å²) in [6.45, 7) is 7.50. The van der Waals surface area contributed by atoms with Gasteiger partial charge in [0.1, 0.15) is 0 Å². The van der Waals surface area contributed by atoms with Gasteiger partial charge in [-0.2, -0.15) is 0 Å². The number of hydrogen-bond donors (Lipinski definition) is 0. The lowest BCUT2D eigenvalue weighted by Gasteiger charge is -2.23. The Bertz CT molecular complexity index is 346. The summed E-state index contributed by atoms with van der Waals surface area (Å²) in [4.78, 5) is 3.55. The Labute approximate surface area is 104 Å². The number of unbranched alkanes of at least 4 members (excludes halogenated alkanes) is 1. The Morgan fingerprint density at radius 2 is 2.06 bits per heavy atom. The minimum absolute atomic E-state index is 1.08. The third-order valence-corrected chi connectivity index (χ3v) is 3.52. The second-order valence-electron chi connectivity index (χ2n) is 3.92. The van der Waals surface area contributed by atoms with Crippen molar-refractivity contribution in [2.75, 3.05) is 19.8 Å². The van der Waals surface area contributed by atoms with E-state index in [2.05, 4.69) is 56.0 Å². The normalized spacial score (nSPS) is 10.2. The van der Waals surface area contributed by atoms with Crippen molar-refractivity contribution in [1.29, 1.82) is 0 Å². The maximum Gasteiger partial charge on any atom is 0.0375 e. The molecule has 1 nitrogen and oxygen atoms in total. The number of rotatable bonds is 6. The third kappa shape index (κ3) is 3.31. The van der Waals surface area contributed by atoms with Gasteiger partial charge < -0.3 is 4.90 Å². The van der Waals surface area contributed by atoms with Crippen molar-refractivity contribution in [1.82, 2.24) is 4.90 Å². The highest BCUT2D eigenvalue weighted by atomic mass is 32.2. The highest BCUT2D eigenvalue weighted by Gasteiger charge is 2.08. The van der Waals surface area contributed by atoms with Crippen LogP contribution in [0.5, 0.6) is 0 Å². The van der Waals surface area contributed by atoms with E-state index >= 15 is 0 Å². The summed E-state index contributed by atoms with van der Waals surface area (Å²) in [6, 6.07) is 8.46.